The molecule has 3 fully saturated rings. The highest BCUT2D eigenvalue weighted by Crippen LogP contribution is 2.59. The van der Waals surface area contributed by atoms with Crippen molar-refractivity contribution in [1.29, 1.82) is 0 Å². The van der Waals surface area contributed by atoms with Gasteiger partial charge < -0.3 is 15.3 Å². The molecular weight excluding hydrogens is 442 g/mol. The van der Waals surface area contributed by atoms with Crippen molar-refractivity contribution < 1.29 is 5.11 Å². The topological polar surface area (TPSA) is 38.7 Å². The van der Waals surface area contributed by atoms with Gasteiger partial charge in [-0.3, -0.25) is 4.90 Å². The lowest BCUT2D eigenvalue weighted by atomic mass is 9.56. The predicted molar refractivity (Wildman–Crippen MR) is 155 cm³/mol. The van der Waals surface area contributed by atoms with Crippen LogP contribution in [-0.4, -0.2) is 71.4 Å². The van der Waals surface area contributed by atoms with Crippen molar-refractivity contribution >= 4 is 0 Å². The van der Waals surface area contributed by atoms with Gasteiger partial charge in [-0.15, -0.1) is 0 Å². The molecule has 3 heterocycles. The molecule has 3 aliphatic rings. The van der Waals surface area contributed by atoms with E-state index in [4.69, 9.17) is 0 Å². The quantitative estimate of drug-likeness (QED) is 0.427. The highest BCUT2D eigenvalue weighted by Gasteiger charge is 2.60. The number of β-amino-alcohol motifs (C(OH)–C–C–N with tert-alkyl or cyclic N) is 1. The third-order valence-electron chi connectivity index (χ3n) is 12.1. The summed E-state index contributed by atoms with van der Waals surface area (Å²) in [5.41, 5.74) is 1.31. The molecule has 212 valence electrons. The summed E-state index contributed by atoms with van der Waals surface area (Å²) in [6.45, 7) is 34.3. The van der Waals surface area contributed by atoms with Gasteiger partial charge in [0.25, 0.3) is 0 Å². The molecular formula is C32H63N3O. The van der Waals surface area contributed by atoms with Crippen molar-refractivity contribution in [3.05, 3.63) is 0 Å². The van der Waals surface area contributed by atoms with Crippen LogP contribution in [0, 0.1) is 39.9 Å². The van der Waals surface area contributed by atoms with Crippen molar-refractivity contribution in [3.63, 3.8) is 0 Å². The Hall–Kier alpha value is -0.160. The Morgan fingerprint density at radius 3 is 2.11 bits per heavy atom. The highest BCUT2D eigenvalue weighted by molar-refractivity contribution is 5.14. The van der Waals surface area contributed by atoms with E-state index in [1.165, 1.54) is 32.2 Å². The van der Waals surface area contributed by atoms with Crippen LogP contribution in [0.2, 0.25) is 0 Å². The number of nitrogens with one attached hydrogen (secondary N) is 1. The molecule has 0 spiro atoms. The first-order valence-corrected chi connectivity index (χ1v) is 15.1. The van der Waals surface area contributed by atoms with Crippen LogP contribution in [-0.2, 0) is 0 Å². The SMILES string of the molecule is CC(CC1(C)C(C(C)(C)C)CCN1CCO)C1(C)CCN(C)C1(C)CC1CNC(C)(C)C1C(C)(C)C. The van der Waals surface area contributed by atoms with Gasteiger partial charge in [-0.1, -0.05) is 55.4 Å². The van der Waals surface area contributed by atoms with Gasteiger partial charge >= 0.3 is 0 Å². The van der Waals surface area contributed by atoms with Crippen molar-refractivity contribution in [2.24, 2.45) is 39.9 Å². The summed E-state index contributed by atoms with van der Waals surface area (Å²) in [5.74, 6) is 2.61. The van der Waals surface area contributed by atoms with Crippen LogP contribution >= 0.6 is 0 Å². The van der Waals surface area contributed by atoms with Gasteiger partial charge in [-0.2, -0.15) is 0 Å². The predicted octanol–water partition coefficient (Wildman–Crippen LogP) is 6.28. The maximum Gasteiger partial charge on any atom is 0.0558 e. The molecule has 0 bridgehead atoms. The van der Waals surface area contributed by atoms with Gasteiger partial charge in [0.05, 0.1) is 6.61 Å². The number of hydrogen-bond acceptors (Lipinski definition) is 4. The first-order valence-electron chi connectivity index (χ1n) is 15.1. The molecule has 2 N–H and O–H groups in total. The molecule has 0 radical (unpaired) electrons. The molecule has 0 aromatic carbocycles. The Bertz CT molecular complexity index is 766. The second kappa shape index (κ2) is 9.79. The van der Waals surface area contributed by atoms with E-state index in [1.807, 2.05) is 0 Å². The summed E-state index contributed by atoms with van der Waals surface area (Å²) in [6, 6.07) is 0. The van der Waals surface area contributed by atoms with Gasteiger partial charge in [0.2, 0.25) is 0 Å². The number of rotatable bonds is 7. The van der Waals surface area contributed by atoms with Crippen LogP contribution in [0.25, 0.3) is 0 Å². The molecule has 4 nitrogen and oxygen atoms in total. The van der Waals surface area contributed by atoms with Gasteiger partial charge in [-0.05, 0) is 120 Å². The summed E-state index contributed by atoms with van der Waals surface area (Å²) in [6.07, 6.45) is 5.01. The number of likely N-dealkylation sites (tertiary alicyclic amines) is 2. The molecule has 0 saturated carbocycles. The Morgan fingerprint density at radius 2 is 1.58 bits per heavy atom. The molecule has 7 atom stereocenters. The fourth-order valence-corrected chi connectivity index (χ4v) is 10.3. The van der Waals surface area contributed by atoms with Crippen LogP contribution in [0.1, 0.15) is 109 Å². The van der Waals surface area contributed by atoms with E-state index >= 15 is 0 Å². The van der Waals surface area contributed by atoms with E-state index in [-0.39, 0.29) is 39.5 Å². The third kappa shape index (κ3) is 5.07. The first-order chi connectivity index (χ1) is 16.2. The molecule has 36 heavy (non-hydrogen) atoms. The van der Waals surface area contributed by atoms with Crippen molar-refractivity contribution in [3.8, 4) is 0 Å². The number of nitrogens with zero attached hydrogens (tertiary/aromatic N) is 2. The summed E-state index contributed by atoms with van der Waals surface area (Å²) < 4.78 is 0. The maximum atomic E-state index is 9.90. The fourth-order valence-electron chi connectivity index (χ4n) is 10.3. The molecule has 7 unspecified atom stereocenters. The van der Waals surface area contributed by atoms with E-state index in [0.717, 1.165) is 19.6 Å². The standard InChI is InChI=1S/C32H63N3O/c1-23(20-31(11)25(27(2,3)4)14-16-35(31)18-19-36)30(10)15-17-34(13)32(30,12)21-24-22-33-29(8,9)26(24)28(5,6)7/h23-26,33,36H,14-22H2,1-13H3. The Balaban J connectivity index is 1.92. The second-order valence-corrected chi connectivity index (χ2v) is 16.7. The number of aliphatic hydroxyl groups excluding tert-OH is 1. The molecule has 3 saturated heterocycles. The summed E-state index contributed by atoms with van der Waals surface area (Å²) in [7, 11) is 2.39. The normalized spacial score (nSPS) is 41.3. The molecule has 0 aromatic rings. The Labute approximate surface area is 225 Å². The zero-order valence-corrected chi connectivity index (χ0v) is 26.5. The Morgan fingerprint density at radius 1 is 0.972 bits per heavy atom. The van der Waals surface area contributed by atoms with Crippen LogP contribution in [0.3, 0.4) is 0 Å². The first kappa shape index (κ1) is 30.4. The number of hydrogen-bond donors (Lipinski definition) is 2. The Kier molecular flexibility index (Phi) is 8.26. The van der Waals surface area contributed by atoms with E-state index < -0.39 is 0 Å². The van der Waals surface area contributed by atoms with Crippen molar-refractivity contribution in [2.45, 2.75) is 125 Å². The fraction of sp³-hybridized carbons (Fsp3) is 1.00. The van der Waals surface area contributed by atoms with Gasteiger partial charge in [0.1, 0.15) is 0 Å². The largest absolute Gasteiger partial charge is 0.395 e. The summed E-state index contributed by atoms with van der Waals surface area (Å²) in [4.78, 5) is 5.36. The van der Waals surface area contributed by atoms with E-state index in [2.05, 4.69) is 105 Å². The van der Waals surface area contributed by atoms with Crippen LogP contribution < -0.4 is 5.32 Å². The average Bonchev–Trinajstić information content (AvgIpc) is 3.28. The molecule has 0 amide bonds. The van der Waals surface area contributed by atoms with Gasteiger partial charge in [-0.25, -0.2) is 0 Å². The monoisotopic (exact) mass is 505 g/mol. The van der Waals surface area contributed by atoms with Gasteiger partial charge in [0, 0.05) is 23.2 Å². The minimum Gasteiger partial charge on any atom is -0.395 e. The van der Waals surface area contributed by atoms with Crippen molar-refractivity contribution in [1.82, 2.24) is 15.1 Å². The van der Waals surface area contributed by atoms with E-state index in [1.54, 1.807) is 0 Å². The smallest absolute Gasteiger partial charge is 0.0558 e. The highest BCUT2D eigenvalue weighted by atomic mass is 16.3. The lowest BCUT2D eigenvalue weighted by Gasteiger charge is -2.54. The lowest BCUT2D eigenvalue weighted by Crippen LogP contribution is -2.57. The molecule has 4 heteroatoms. The third-order valence-corrected chi connectivity index (χ3v) is 12.1. The van der Waals surface area contributed by atoms with Crippen molar-refractivity contribution in [2.75, 3.05) is 39.8 Å². The zero-order valence-electron chi connectivity index (χ0n) is 26.5. The molecule has 0 aliphatic carbocycles. The molecule has 3 aliphatic heterocycles. The summed E-state index contributed by atoms with van der Waals surface area (Å²) >= 11 is 0. The molecule has 0 aromatic heterocycles. The number of aliphatic hydroxyl groups is 1. The van der Waals surface area contributed by atoms with Crippen LogP contribution in [0.5, 0.6) is 0 Å². The lowest BCUT2D eigenvalue weighted by molar-refractivity contribution is -0.0334. The van der Waals surface area contributed by atoms with Crippen LogP contribution in [0.15, 0.2) is 0 Å². The van der Waals surface area contributed by atoms with Crippen LogP contribution in [0.4, 0.5) is 0 Å². The van der Waals surface area contributed by atoms with E-state index in [9.17, 15) is 5.11 Å². The average molecular weight is 506 g/mol. The summed E-state index contributed by atoms with van der Waals surface area (Å²) in [5, 5.41) is 13.8. The minimum atomic E-state index is 0.135. The second-order valence-electron chi connectivity index (χ2n) is 16.7. The zero-order chi connectivity index (χ0) is 27.5. The molecule has 3 rings (SSSR count). The minimum absolute atomic E-state index is 0.135. The van der Waals surface area contributed by atoms with E-state index in [0.29, 0.717) is 23.7 Å². The maximum absolute atomic E-state index is 9.90. The van der Waals surface area contributed by atoms with Gasteiger partial charge in [0.15, 0.2) is 0 Å².